The van der Waals surface area contributed by atoms with Gasteiger partial charge in [0.15, 0.2) is 0 Å². The molecule has 12 nitrogen and oxygen atoms in total. The summed E-state index contributed by atoms with van der Waals surface area (Å²) in [7, 11) is 0. The molecule has 1 unspecified atom stereocenters. The molecule has 4 amide bonds. The van der Waals surface area contributed by atoms with E-state index in [1.807, 2.05) is 35.8 Å². The van der Waals surface area contributed by atoms with Gasteiger partial charge in [-0.25, -0.2) is 9.59 Å². The Bertz CT molecular complexity index is 934. The fraction of sp³-hybridized carbons (Fsp3) is 0.409. The van der Waals surface area contributed by atoms with Crippen molar-refractivity contribution in [3.63, 3.8) is 0 Å². The van der Waals surface area contributed by atoms with Crippen LogP contribution < -0.4 is 26.6 Å². The molecule has 0 spiro atoms. The molecule has 184 valence electrons. The molecular weight excluding hydrogens is 446 g/mol. The molecule has 1 aliphatic rings. The van der Waals surface area contributed by atoms with Gasteiger partial charge in [-0.3, -0.25) is 14.4 Å². The summed E-state index contributed by atoms with van der Waals surface area (Å²) in [6.07, 6.45) is 5.51. The maximum atomic E-state index is 12.5. The topological polar surface area (TPSA) is 186 Å². The Labute approximate surface area is 196 Å². The number of carboxylic acid groups (broad SMARTS) is 2. The van der Waals surface area contributed by atoms with Crippen LogP contribution in [0.15, 0.2) is 24.4 Å². The van der Waals surface area contributed by atoms with Crippen LogP contribution in [-0.4, -0.2) is 65.7 Å². The first-order valence-corrected chi connectivity index (χ1v) is 10.8. The lowest BCUT2D eigenvalue weighted by Crippen LogP contribution is -2.47. The van der Waals surface area contributed by atoms with Crippen molar-refractivity contribution in [2.24, 2.45) is 0 Å². The Hall–Kier alpha value is -4.09. The van der Waals surface area contributed by atoms with Crippen molar-refractivity contribution in [1.82, 2.24) is 26.6 Å². The van der Waals surface area contributed by atoms with Crippen molar-refractivity contribution in [3.8, 4) is 0 Å². The number of urea groups is 1. The van der Waals surface area contributed by atoms with Crippen LogP contribution in [0.1, 0.15) is 36.0 Å². The molecule has 0 aromatic heterocycles. The quantitative estimate of drug-likeness (QED) is 0.139. The van der Waals surface area contributed by atoms with E-state index < -0.39 is 36.6 Å². The molecule has 1 heterocycles. The highest BCUT2D eigenvalue weighted by atomic mass is 16.4. The highest BCUT2D eigenvalue weighted by Gasteiger charge is 2.21. The van der Waals surface area contributed by atoms with E-state index >= 15 is 0 Å². The van der Waals surface area contributed by atoms with Gasteiger partial charge >= 0.3 is 18.0 Å². The summed E-state index contributed by atoms with van der Waals surface area (Å²) in [5, 5.41) is 30.4. The van der Waals surface area contributed by atoms with Gasteiger partial charge in [0.25, 0.3) is 0 Å². The number of carbonyl (C=O) groups excluding carboxylic acids is 3. The number of rotatable bonds is 14. The van der Waals surface area contributed by atoms with Crippen LogP contribution in [0.4, 0.5) is 4.79 Å². The van der Waals surface area contributed by atoms with E-state index in [-0.39, 0.29) is 18.9 Å². The minimum atomic E-state index is -1.25. The SMILES string of the molecule is O=CN[C@@H](Cc1ccc2c(c1)C=CNC2)C(=O)NCCCCC(NC(=O)NCC(=O)O)C(=O)O. The number of benzene rings is 1. The maximum Gasteiger partial charge on any atom is 0.326 e. The molecule has 1 aromatic carbocycles. The lowest BCUT2D eigenvalue weighted by molar-refractivity contribution is -0.139. The molecule has 2 atom stereocenters. The third-order valence-corrected chi connectivity index (χ3v) is 5.13. The number of unbranched alkanes of at least 4 members (excludes halogenated alkanes) is 1. The summed E-state index contributed by atoms with van der Waals surface area (Å²) in [4.78, 5) is 56.8. The van der Waals surface area contributed by atoms with E-state index in [9.17, 15) is 29.1 Å². The van der Waals surface area contributed by atoms with Gasteiger partial charge in [-0.15, -0.1) is 0 Å². The van der Waals surface area contributed by atoms with Crippen LogP contribution in [-0.2, 0) is 32.1 Å². The number of nitrogens with one attached hydrogen (secondary N) is 5. The number of hydrogen-bond acceptors (Lipinski definition) is 6. The summed E-state index contributed by atoms with van der Waals surface area (Å²) >= 11 is 0. The molecule has 34 heavy (non-hydrogen) atoms. The van der Waals surface area contributed by atoms with Crippen LogP contribution in [0.3, 0.4) is 0 Å². The third-order valence-electron chi connectivity index (χ3n) is 5.13. The average molecular weight is 476 g/mol. The van der Waals surface area contributed by atoms with Crippen molar-refractivity contribution in [2.45, 2.75) is 44.3 Å². The molecule has 1 aliphatic heterocycles. The van der Waals surface area contributed by atoms with Crippen LogP contribution in [0.2, 0.25) is 0 Å². The van der Waals surface area contributed by atoms with Crippen LogP contribution in [0.5, 0.6) is 0 Å². The molecule has 0 bridgehead atoms. The van der Waals surface area contributed by atoms with Gasteiger partial charge in [-0.05, 0) is 48.2 Å². The second kappa shape index (κ2) is 13.5. The van der Waals surface area contributed by atoms with Gasteiger partial charge in [0.05, 0.1) is 0 Å². The van der Waals surface area contributed by atoms with E-state index in [4.69, 9.17) is 5.11 Å². The normalized spacial score (nSPS) is 13.4. The number of fused-ring (bicyclic) bond motifs is 1. The summed E-state index contributed by atoms with van der Waals surface area (Å²) < 4.78 is 0. The number of hydrogen-bond donors (Lipinski definition) is 7. The van der Waals surface area contributed by atoms with Crippen molar-refractivity contribution in [2.75, 3.05) is 13.1 Å². The second-order valence-electron chi connectivity index (χ2n) is 7.69. The summed E-state index contributed by atoms with van der Waals surface area (Å²) in [5.74, 6) is -2.86. The predicted octanol–water partition coefficient (Wildman–Crippen LogP) is -0.459. The number of carboxylic acids is 2. The zero-order valence-corrected chi connectivity index (χ0v) is 18.5. The summed E-state index contributed by atoms with van der Waals surface area (Å²) in [5.41, 5.74) is 3.10. The van der Waals surface area contributed by atoms with Gasteiger partial charge < -0.3 is 36.8 Å². The smallest absolute Gasteiger partial charge is 0.326 e. The van der Waals surface area contributed by atoms with Gasteiger partial charge in [0.1, 0.15) is 18.6 Å². The first-order chi connectivity index (χ1) is 16.3. The summed E-state index contributed by atoms with van der Waals surface area (Å²) in [6.45, 7) is 0.361. The first-order valence-electron chi connectivity index (χ1n) is 10.8. The van der Waals surface area contributed by atoms with Gasteiger partial charge in [0, 0.05) is 19.5 Å². The van der Waals surface area contributed by atoms with E-state index in [0.29, 0.717) is 25.7 Å². The van der Waals surface area contributed by atoms with E-state index in [2.05, 4.69) is 21.3 Å². The fourth-order valence-corrected chi connectivity index (χ4v) is 3.38. The molecule has 0 fully saturated rings. The lowest BCUT2D eigenvalue weighted by atomic mass is 9.98. The Balaban J connectivity index is 1.77. The third kappa shape index (κ3) is 8.81. The molecule has 2 rings (SSSR count). The van der Waals surface area contributed by atoms with Crippen LogP contribution >= 0.6 is 0 Å². The maximum absolute atomic E-state index is 12.5. The van der Waals surface area contributed by atoms with Crippen molar-refractivity contribution in [1.29, 1.82) is 0 Å². The highest BCUT2D eigenvalue weighted by molar-refractivity contribution is 5.85. The average Bonchev–Trinajstić information content (AvgIpc) is 2.81. The molecule has 0 saturated carbocycles. The van der Waals surface area contributed by atoms with Gasteiger partial charge in [0.2, 0.25) is 12.3 Å². The Morgan fingerprint density at radius 3 is 2.59 bits per heavy atom. The number of aliphatic carboxylic acids is 2. The first kappa shape index (κ1) is 26.2. The Kier molecular flexibility index (Phi) is 10.4. The largest absolute Gasteiger partial charge is 0.480 e. The molecule has 0 aliphatic carbocycles. The minimum Gasteiger partial charge on any atom is -0.480 e. The lowest BCUT2D eigenvalue weighted by Gasteiger charge is -2.18. The summed E-state index contributed by atoms with van der Waals surface area (Å²) in [6, 6.07) is 3.03. The van der Waals surface area contributed by atoms with E-state index in [1.165, 1.54) is 0 Å². The van der Waals surface area contributed by atoms with Crippen molar-refractivity contribution < 1.29 is 34.2 Å². The molecule has 7 N–H and O–H groups in total. The Morgan fingerprint density at radius 2 is 1.88 bits per heavy atom. The molecular formula is C22H29N5O7. The van der Waals surface area contributed by atoms with Gasteiger partial charge in [-0.2, -0.15) is 0 Å². The monoisotopic (exact) mass is 475 g/mol. The van der Waals surface area contributed by atoms with Crippen LogP contribution in [0, 0.1) is 0 Å². The van der Waals surface area contributed by atoms with Crippen LogP contribution in [0.25, 0.3) is 6.08 Å². The zero-order chi connectivity index (χ0) is 24.9. The molecule has 0 radical (unpaired) electrons. The second-order valence-corrected chi connectivity index (χ2v) is 7.69. The molecule has 12 heteroatoms. The zero-order valence-electron chi connectivity index (χ0n) is 18.5. The molecule has 1 aromatic rings. The number of carbonyl (C=O) groups is 5. The van der Waals surface area contributed by atoms with Crippen molar-refractivity contribution >= 4 is 36.4 Å². The van der Waals surface area contributed by atoms with E-state index in [0.717, 1.165) is 23.2 Å². The van der Waals surface area contributed by atoms with Gasteiger partial charge in [-0.1, -0.05) is 18.2 Å². The molecule has 0 saturated heterocycles. The fourth-order valence-electron chi connectivity index (χ4n) is 3.38. The Morgan fingerprint density at radius 1 is 1.09 bits per heavy atom. The predicted molar refractivity (Wildman–Crippen MR) is 121 cm³/mol. The number of amides is 4. The van der Waals surface area contributed by atoms with Crippen molar-refractivity contribution in [3.05, 3.63) is 41.1 Å². The van der Waals surface area contributed by atoms with E-state index in [1.54, 1.807) is 0 Å². The highest BCUT2D eigenvalue weighted by Crippen LogP contribution is 2.17. The standard InChI is InChI=1S/C22H29N5O7/c28-13-26-18(10-14-4-5-16-11-23-8-6-15(16)9-14)20(31)24-7-2-1-3-17(21(32)33)27-22(34)25-12-19(29)30/h4-6,8-9,13,17-18,23H,1-3,7,10-12H2,(H,24,31)(H,26,28)(H,29,30)(H,32,33)(H2,25,27,34)/t17?,18-/m0/s1. The minimum absolute atomic E-state index is 0.0964.